The van der Waals surface area contributed by atoms with Crippen molar-refractivity contribution in [1.29, 1.82) is 0 Å². The van der Waals surface area contributed by atoms with Gasteiger partial charge in [0.1, 0.15) is 17.3 Å². The quantitative estimate of drug-likeness (QED) is 0.795. The van der Waals surface area contributed by atoms with Crippen LogP contribution in [0, 0.1) is 13.8 Å². The number of hydrogen-bond donors (Lipinski definition) is 1. The normalized spacial score (nSPS) is 10.6. The number of methoxy groups -OCH3 is 1. The van der Waals surface area contributed by atoms with E-state index in [0.717, 1.165) is 5.76 Å². The van der Waals surface area contributed by atoms with Crippen molar-refractivity contribution < 1.29 is 18.4 Å². The highest BCUT2D eigenvalue weighted by Crippen LogP contribution is 2.26. The summed E-state index contributed by atoms with van der Waals surface area (Å²) in [5, 5.41) is 10.3. The van der Waals surface area contributed by atoms with Crippen molar-refractivity contribution in [2.24, 2.45) is 0 Å². The Balaban J connectivity index is 1.78. The van der Waals surface area contributed by atoms with Gasteiger partial charge in [0.05, 0.1) is 12.7 Å². The van der Waals surface area contributed by atoms with E-state index in [4.69, 9.17) is 13.6 Å². The third kappa shape index (κ3) is 3.08. The van der Waals surface area contributed by atoms with Crippen LogP contribution in [0.2, 0.25) is 0 Å². The molecule has 0 aliphatic carbocycles. The molecule has 2 aromatic heterocycles. The van der Waals surface area contributed by atoms with E-state index in [1.54, 1.807) is 37.3 Å². The Morgan fingerprint density at radius 1 is 1.17 bits per heavy atom. The highest BCUT2D eigenvalue weighted by molar-refractivity contribution is 6.03. The van der Waals surface area contributed by atoms with Crippen LogP contribution in [0.3, 0.4) is 0 Å². The van der Waals surface area contributed by atoms with Gasteiger partial charge in [-0.15, -0.1) is 5.10 Å². The zero-order valence-electron chi connectivity index (χ0n) is 12.9. The van der Waals surface area contributed by atoms with Gasteiger partial charge >= 0.3 is 6.01 Å². The van der Waals surface area contributed by atoms with Gasteiger partial charge in [0.25, 0.3) is 11.8 Å². The highest BCUT2D eigenvalue weighted by Gasteiger charge is 2.16. The molecule has 0 radical (unpaired) electrons. The van der Waals surface area contributed by atoms with Crippen molar-refractivity contribution in [2.75, 3.05) is 12.4 Å². The molecule has 1 amide bonds. The van der Waals surface area contributed by atoms with Gasteiger partial charge in [0, 0.05) is 5.56 Å². The van der Waals surface area contributed by atoms with Gasteiger partial charge in [-0.1, -0.05) is 11.2 Å². The predicted molar refractivity (Wildman–Crippen MR) is 82.4 cm³/mol. The fraction of sp³-hybridized carbons (Fsp3) is 0.188. The van der Waals surface area contributed by atoms with E-state index in [2.05, 4.69) is 15.5 Å². The van der Waals surface area contributed by atoms with E-state index in [1.165, 1.54) is 7.11 Å². The summed E-state index contributed by atoms with van der Waals surface area (Å²) in [4.78, 5) is 12.2. The number of nitrogens with one attached hydrogen (secondary N) is 1. The topological polar surface area (TPSA) is 90.4 Å². The molecule has 0 spiro atoms. The molecule has 7 nitrogen and oxygen atoms in total. The molecule has 118 valence electrons. The summed E-state index contributed by atoms with van der Waals surface area (Å²) in [6, 6.07) is 8.59. The largest absolute Gasteiger partial charge is 0.497 e. The molecule has 0 aliphatic heterocycles. The average molecular weight is 313 g/mol. The van der Waals surface area contributed by atoms with E-state index in [0.29, 0.717) is 28.5 Å². The number of ether oxygens (including phenoxy) is 1. The van der Waals surface area contributed by atoms with Crippen LogP contribution in [0.5, 0.6) is 5.75 Å². The second-order valence-corrected chi connectivity index (χ2v) is 4.93. The lowest BCUT2D eigenvalue weighted by molar-refractivity contribution is 0.102. The van der Waals surface area contributed by atoms with Crippen molar-refractivity contribution in [2.45, 2.75) is 13.8 Å². The minimum atomic E-state index is -0.362. The number of aromatic nitrogens is 2. The lowest BCUT2D eigenvalue weighted by Crippen LogP contribution is -2.12. The molecule has 0 atom stereocenters. The lowest BCUT2D eigenvalue weighted by Gasteiger charge is -2.03. The summed E-state index contributed by atoms with van der Waals surface area (Å²) in [5.74, 6) is 1.95. The Bertz CT molecular complexity index is 851. The van der Waals surface area contributed by atoms with Gasteiger partial charge in [-0.3, -0.25) is 10.1 Å². The van der Waals surface area contributed by atoms with Crippen molar-refractivity contribution in [3.8, 4) is 17.2 Å². The molecule has 0 saturated heterocycles. The molecule has 23 heavy (non-hydrogen) atoms. The highest BCUT2D eigenvalue weighted by atomic mass is 16.5. The van der Waals surface area contributed by atoms with Crippen LogP contribution in [0.15, 0.2) is 39.2 Å². The second-order valence-electron chi connectivity index (χ2n) is 4.93. The first kappa shape index (κ1) is 14.8. The minimum absolute atomic E-state index is 0.0195. The number of amides is 1. The van der Waals surface area contributed by atoms with Crippen LogP contribution in [0.25, 0.3) is 11.5 Å². The average Bonchev–Trinajstić information content (AvgIpc) is 3.13. The first-order valence-electron chi connectivity index (χ1n) is 6.93. The zero-order chi connectivity index (χ0) is 16.4. The van der Waals surface area contributed by atoms with Crippen LogP contribution in [-0.2, 0) is 0 Å². The standard InChI is InChI=1S/C16H15N3O4/c1-9-7-13(10(2)22-9)15-18-19-16(23-15)17-14(20)11-5-4-6-12(8-11)21-3/h4-8H,1-3H3,(H,17,19,20). The molecule has 1 aromatic carbocycles. The summed E-state index contributed by atoms with van der Waals surface area (Å²) >= 11 is 0. The summed E-state index contributed by atoms with van der Waals surface area (Å²) < 4.78 is 16.0. The molecule has 1 N–H and O–H groups in total. The molecule has 0 unspecified atom stereocenters. The SMILES string of the molecule is COc1cccc(C(=O)Nc2nnc(-c3cc(C)oc3C)o2)c1. The molecule has 0 saturated carbocycles. The Kier molecular flexibility index (Phi) is 3.84. The molecule has 3 aromatic rings. The first-order chi connectivity index (χ1) is 11.1. The molecule has 0 aliphatic rings. The maximum atomic E-state index is 12.2. The smallest absolute Gasteiger partial charge is 0.322 e. The van der Waals surface area contributed by atoms with Gasteiger partial charge in [-0.05, 0) is 38.1 Å². The third-order valence-corrected chi connectivity index (χ3v) is 3.25. The zero-order valence-corrected chi connectivity index (χ0v) is 12.9. The van der Waals surface area contributed by atoms with Gasteiger partial charge < -0.3 is 13.6 Å². The summed E-state index contributed by atoms with van der Waals surface area (Å²) in [7, 11) is 1.54. The van der Waals surface area contributed by atoms with Gasteiger partial charge in [0.2, 0.25) is 0 Å². The van der Waals surface area contributed by atoms with Crippen molar-refractivity contribution in [3.05, 3.63) is 47.4 Å². The maximum Gasteiger partial charge on any atom is 0.322 e. The van der Waals surface area contributed by atoms with Gasteiger partial charge in [-0.25, -0.2) is 0 Å². The van der Waals surface area contributed by atoms with Crippen LogP contribution >= 0.6 is 0 Å². The van der Waals surface area contributed by atoms with Gasteiger partial charge in [0.15, 0.2) is 0 Å². The Hall–Kier alpha value is -3.09. The Labute approximate surface area is 132 Å². The fourth-order valence-electron chi connectivity index (χ4n) is 2.16. The molecule has 0 bridgehead atoms. The van der Waals surface area contributed by atoms with Crippen molar-refractivity contribution in [1.82, 2.24) is 10.2 Å². The predicted octanol–water partition coefficient (Wildman–Crippen LogP) is 3.21. The fourth-order valence-corrected chi connectivity index (χ4v) is 2.16. The molecule has 0 fully saturated rings. The maximum absolute atomic E-state index is 12.2. The van der Waals surface area contributed by atoms with E-state index < -0.39 is 0 Å². The van der Waals surface area contributed by atoms with E-state index in [1.807, 2.05) is 6.92 Å². The lowest BCUT2D eigenvalue weighted by atomic mass is 10.2. The molecule has 2 heterocycles. The van der Waals surface area contributed by atoms with Crippen LogP contribution in [-0.4, -0.2) is 23.2 Å². The number of hydrogen-bond acceptors (Lipinski definition) is 6. The van der Waals surface area contributed by atoms with Crippen LogP contribution in [0.4, 0.5) is 6.01 Å². The van der Waals surface area contributed by atoms with Gasteiger partial charge in [-0.2, -0.15) is 0 Å². The minimum Gasteiger partial charge on any atom is -0.497 e. The van der Waals surface area contributed by atoms with Crippen molar-refractivity contribution >= 4 is 11.9 Å². The Morgan fingerprint density at radius 2 is 2.00 bits per heavy atom. The molecular formula is C16H15N3O4. The Morgan fingerprint density at radius 3 is 2.70 bits per heavy atom. The molecular weight excluding hydrogens is 298 g/mol. The summed E-state index contributed by atoms with van der Waals surface area (Å²) in [5.41, 5.74) is 1.14. The first-order valence-corrected chi connectivity index (χ1v) is 6.93. The summed E-state index contributed by atoms with van der Waals surface area (Å²) in [6.07, 6.45) is 0. The van der Waals surface area contributed by atoms with Crippen molar-refractivity contribution in [3.63, 3.8) is 0 Å². The second kappa shape index (κ2) is 5.96. The van der Waals surface area contributed by atoms with E-state index in [-0.39, 0.29) is 11.9 Å². The number of anilines is 1. The number of aryl methyl sites for hydroxylation is 2. The number of furan rings is 1. The number of benzene rings is 1. The van der Waals surface area contributed by atoms with Crippen LogP contribution < -0.4 is 10.1 Å². The number of nitrogens with zero attached hydrogens (tertiary/aromatic N) is 2. The number of carbonyl (C=O) groups excluding carboxylic acids is 1. The molecule has 7 heteroatoms. The van der Waals surface area contributed by atoms with E-state index >= 15 is 0 Å². The monoisotopic (exact) mass is 313 g/mol. The summed E-state index contributed by atoms with van der Waals surface area (Å²) in [6.45, 7) is 3.64. The molecule has 3 rings (SSSR count). The van der Waals surface area contributed by atoms with E-state index in [9.17, 15) is 4.79 Å². The third-order valence-electron chi connectivity index (χ3n) is 3.25. The van der Waals surface area contributed by atoms with Crippen LogP contribution in [0.1, 0.15) is 21.9 Å². The number of carbonyl (C=O) groups is 1. The number of rotatable bonds is 4.